The molecule has 8 heteroatoms. The number of guanidine groups is 1. The fourth-order valence-corrected chi connectivity index (χ4v) is 2.18. The van der Waals surface area contributed by atoms with Crippen molar-refractivity contribution in [2.24, 2.45) is 4.99 Å². The number of aliphatic imine (C=N–C) groups is 1. The first-order valence-corrected chi connectivity index (χ1v) is 8.49. The van der Waals surface area contributed by atoms with E-state index in [0.717, 1.165) is 12.1 Å². The Morgan fingerprint density at radius 3 is 2.77 bits per heavy atom. The summed E-state index contributed by atoms with van der Waals surface area (Å²) in [6.45, 7) is 5.65. The number of rotatable bonds is 7. The third-order valence-corrected chi connectivity index (χ3v) is 3.47. The molecule has 0 bridgehead atoms. The quantitative estimate of drug-likeness (QED) is 0.265. The molecule has 1 aromatic heterocycles. The molecule has 0 radical (unpaired) electrons. The standard InChI is InChI=1S/C18H22ClFN4O.HI/c1-3-21-18(24-12-14-7-8-17(19)22-11-14)23-10-13(2)25-16-6-4-5-15(20)9-16;/h4-9,11,13H,3,10,12H2,1-2H3,(H2,21,23,24);1H. The molecule has 26 heavy (non-hydrogen) atoms. The topological polar surface area (TPSA) is 58.5 Å². The van der Waals surface area contributed by atoms with Crippen LogP contribution in [0.3, 0.4) is 0 Å². The van der Waals surface area contributed by atoms with E-state index in [-0.39, 0.29) is 35.9 Å². The zero-order valence-corrected chi connectivity index (χ0v) is 17.8. The van der Waals surface area contributed by atoms with E-state index < -0.39 is 0 Å². The molecule has 1 aromatic carbocycles. The highest BCUT2D eigenvalue weighted by molar-refractivity contribution is 14.0. The van der Waals surface area contributed by atoms with Crippen LogP contribution in [0.5, 0.6) is 5.75 Å². The van der Waals surface area contributed by atoms with E-state index in [2.05, 4.69) is 20.6 Å². The number of nitrogens with one attached hydrogen (secondary N) is 2. The van der Waals surface area contributed by atoms with Crippen LogP contribution in [-0.2, 0) is 6.54 Å². The predicted molar refractivity (Wildman–Crippen MR) is 114 cm³/mol. The summed E-state index contributed by atoms with van der Waals surface area (Å²) in [4.78, 5) is 8.54. The van der Waals surface area contributed by atoms with Gasteiger partial charge in [0.15, 0.2) is 5.96 Å². The van der Waals surface area contributed by atoms with Crippen molar-refractivity contribution in [2.75, 3.05) is 13.1 Å². The Morgan fingerprint density at radius 1 is 1.31 bits per heavy atom. The fourth-order valence-electron chi connectivity index (χ4n) is 2.07. The summed E-state index contributed by atoms with van der Waals surface area (Å²) in [5.41, 5.74) is 0.964. The average Bonchev–Trinajstić information content (AvgIpc) is 2.59. The summed E-state index contributed by atoms with van der Waals surface area (Å²) >= 11 is 5.78. The normalized spacial score (nSPS) is 12.1. The first-order chi connectivity index (χ1) is 12.1. The largest absolute Gasteiger partial charge is 0.489 e. The molecule has 1 atom stereocenters. The van der Waals surface area contributed by atoms with Gasteiger partial charge in [0.25, 0.3) is 0 Å². The highest BCUT2D eigenvalue weighted by Gasteiger charge is 2.06. The Morgan fingerprint density at radius 2 is 2.12 bits per heavy atom. The summed E-state index contributed by atoms with van der Waals surface area (Å²) in [5.74, 6) is 0.861. The molecule has 2 N–H and O–H groups in total. The van der Waals surface area contributed by atoms with Crippen LogP contribution in [-0.4, -0.2) is 30.1 Å². The van der Waals surface area contributed by atoms with Crippen LogP contribution in [0.25, 0.3) is 0 Å². The molecule has 0 spiro atoms. The lowest BCUT2D eigenvalue weighted by Gasteiger charge is -2.17. The van der Waals surface area contributed by atoms with Crippen molar-refractivity contribution in [1.29, 1.82) is 0 Å². The molecule has 1 heterocycles. The number of benzene rings is 1. The van der Waals surface area contributed by atoms with Gasteiger partial charge in [-0.05, 0) is 37.6 Å². The van der Waals surface area contributed by atoms with Crippen LogP contribution in [0.1, 0.15) is 19.4 Å². The Labute approximate surface area is 175 Å². The highest BCUT2D eigenvalue weighted by atomic mass is 127. The van der Waals surface area contributed by atoms with Gasteiger partial charge in [0.2, 0.25) is 0 Å². The van der Waals surface area contributed by atoms with E-state index in [1.807, 2.05) is 19.9 Å². The Kier molecular flexibility index (Phi) is 10.3. The van der Waals surface area contributed by atoms with Crippen molar-refractivity contribution in [3.8, 4) is 5.75 Å². The van der Waals surface area contributed by atoms with Crippen molar-refractivity contribution < 1.29 is 9.13 Å². The summed E-state index contributed by atoms with van der Waals surface area (Å²) in [5, 5.41) is 6.84. The summed E-state index contributed by atoms with van der Waals surface area (Å²) in [6.07, 6.45) is 1.55. The van der Waals surface area contributed by atoms with Crippen molar-refractivity contribution in [3.63, 3.8) is 0 Å². The molecular weight excluding hydrogens is 470 g/mol. The second-order valence-electron chi connectivity index (χ2n) is 5.45. The third kappa shape index (κ3) is 8.18. The van der Waals surface area contributed by atoms with E-state index in [4.69, 9.17) is 16.3 Å². The van der Waals surface area contributed by atoms with Gasteiger partial charge in [-0.15, -0.1) is 24.0 Å². The minimum Gasteiger partial charge on any atom is -0.489 e. The molecule has 0 aliphatic rings. The smallest absolute Gasteiger partial charge is 0.191 e. The van der Waals surface area contributed by atoms with Gasteiger partial charge in [0.1, 0.15) is 22.8 Å². The molecule has 0 amide bonds. The first kappa shape index (κ1) is 22.4. The summed E-state index contributed by atoms with van der Waals surface area (Å²) < 4.78 is 18.9. The van der Waals surface area contributed by atoms with Crippen LogP contribution in [0.4, 0.5) is 4.39 Å². The number of hydrogen-bond donors (Lipinski definition) is 2. The Hall–Kier alpha value is -1.61. The maximum Gasteiger partial charge on any atom is 0.191 e. The third-order valence-electron chi connectivity index (χ3n) is 3.24. The van der Waals surface area contributed by atoms with Crippen molar-refractivity contribution in [1.82, 2.24) is 15.6 Å². The number of nitrogens with zero attached hydrogens (tertiary/aromatic N) is 2. The van der Waals surface area contributed by atoms with Crippen molar-refractivity contribution in [3.05, 3.63) is 59.1 Å². The van der Waals surface area contributed by atoms with Gasteiger partial charge in [-0.1, -0.05) is 23.7 Å². The fraction of sp³-hybridized carbons (Fsp3) is 0.333. The zero-order chi connectivity index (χ0) is 18.1. The van der Waals surface area contributed by atoms with E-state index in [1.54, 1.807) is 24.4 Å². The minimum atomic E-state index is -0.316. The highest BCUT2D eigenvalue weighted by Crippen LogP contribution is 2.13. The molecule has 1 unspecified atom stereocenters. The molecule has 0 saturated carbocycles. The molecule has 5 nitrogen and oxygen atoms in total. The van der Waals surface area contributed by atoms with E-state index >= 15 is 0 Å². The van der Waals surface area contributed by atoms with Crippen LogP contribution < -0.4 is 15.4 Å². The number of hydrogen-bond acceptors (Lipinski definition) is 3. The number of halogens is 3. The minimum absolute atomic E-state index is 0. The van der Waals surface area contributed by atoms with Crippen LogP contribution in [0.2, 0.25) is 5.15 Å². The Bertz CT molecular complexity index is 700. The van der Waals surface area contributed by atoms with E-state index in [1.165, 1.54) is 12.1 Å². The van der Waals surface area contributed by atoms with Gasteiger partial charge in [0, 0.05) is 18.8 Å². The molecule has 0 saturated heterocycles. The predicted octanol–water partition coefficient (Wildman–Crippen LogP) is 4.01. The molecule has 2 aromatic rings. The lowest BCUT2D eigenvalue weighted by atomic mass is 10.3. The van der Waals surface area contributed by atoms with Gasteiger partial charge in [-0.25, -0.2) is 14.4 Å². The van der Waals surface area contributed by atoms with Gasteiger partial charge < -0.3 is 15.4 Å². The number of aromatic nitrogens is 1. The van der Waals surface area contributed by atoms with Crippen molar-refractivity contribution >= 4 is 41.5 Å². The number of pyridine rings is 1. The number of ether oxygens (including phenoxy) is 1. The molecule has 142 valence electrons. The van der Waals surface area contributed by atoms with Crippen molar-refractivity contribution in [2.45, 2.75) is 26.5 Å². The molecular formula is C18H23ClFIN4O. The van der Waals surface area contributed by atoms with Crippen LogP contribution in [0, 0.1) is 5.82 Å². The first-order valence-electron chi connectivity index (χ1n) is 8.11. The van der Waals surface area contributed by atoms with E-state index in [9.17, 15) is 4.39 Å². The lowest BCUT2D eigenvalue weighted by Crippen LogP contribution is -2.41. The summed E-state index contributed by atoms with van der Waals surface area (Å²) in [6, 6.07) is 9.73. The van der Waals surface area contributed by atoms with Gasteiger partial charge in [-0.2, -0.15) is 0 Å². The lowest BCUT2D eigenvalue weighted by molar-refractivity contribution is 0.223. The summed E-state index contributed by atoms with van der Waals surface area (Å²) in [7, 11) is 0. The maximum atomic E-state index is 13.2. The zero-order valence-electron chi connectivity index (χ0n) is 14.7. The van der Waals surface area contributed by atoms with Gasteiger partial charge in [0.05, 0.1) is 13.1 Å². The molecule has 0 aliphatic carbocycles. The van der Waals surface area contributed by atoms with Gasteiger partial charge in [-0.3, -0.25) is 0 Å². The molecule has 2 rings (SSSR count). The monoisotopic (exact) mass is 492 g/mol. The van der Waals surface area contributed by atoms with Crippen LogP contribution in [0.15, 0.2) is 47.6 Å². The second-order valence-corrected chi connectivity index (χ2v) is 5.84. The second kappa shape index (κ2) is 11.9. The molecule has 0 aliphatic heterocycles. The maximum absolute atomic E-state index is 13.2. The SMILES string of the molecule is CCNC(=NCc1ccc(Cl)nc1)NCC(C)Oc1cccc(F)c1.I. The van der Waals surface area contributed by atoms with E-state index in [0.29, 0.717) is 30.0 Å². The average molecular weight is 493 g/mol. The van der Waals surface area contributed by atoms with Gasteiger partial charge >= 0.3 is 0 Å². The Balaban J connectivity index is 0.00000338. The molecule has 0 fully saturated rings. The van der Waals surface area contributed by atoms with Crippen LogP contribution >= 0.6 is 35.6 Å².